The van der Waals surface area contributed by atoms with Crippen LogP contribution in [0.4, 0.5) is 0 Å². The Bertz CT molecular complexity index is 689. The minimum Gasteiger partial charge on any atom is -0.356 e. The van der Waals surface area contributed by atoms with Crippen LogP contribution in [0, 0.1) is 0 Å². The van der Waals surface area contributed by atoms with Gasteiger partial charge < -0.3 is 9.42 Å². The third-order valence-electron chi connectivity index (χ3n) is 3.57. The number of hydrogen-bond donors (Lipinski definition) is 0. The maximum absolute atomic E-state index is 11.9. The van der Waals surface area contributed by atoms with Crippen molar-refractivity contribution in [3.63, 3.8) is 0 Å². The number of carbonyl (C=O) groups is 1. The summed E-state index contributed by atoms with van der Waals surface area (Å²) in [5.41, 5.74) is 2.88. The molecule has 0 saturated heterocycles. The first-order valence-corrected chi connectivity index (χ1v) is 7.22. The molecule has 1 aromatic heterocycles. The van der Waals surface area contributed by atoms with Gasteiger partial charge in [-0.25, -0.2) is 0 Å². The maximum Gasteiger partial charge on any atom is 0.246 e. The van der Waals surface area contributed by atoms with Crippen LogP contribution in [0.15, 0.2) is 40.9 Å². The Labute approximate surface area is 128 Å². The molecule has 0 spiro atoms. The van der Waals surface area contributed by atoms with E-state index in [1.807, 2.05) is 31.2 Å². The molecule has 3 rings (SSSR count). The van der Waals surface area contributed by atoms with Crippen LogP contribution in [-0.2, 0) is 17.8 Å². The average molecular weight is 303 g/mol. The number of hydrogen-bond acceptors (Lipinski definition) is 3. The summed E-state index contributed by atoms with van der Waals surface area (Å²) in [6.45, 7) is 3.01. The molecule has 0 fully saturated rings. The molecule has 0 bridgehead atoms. The highest BCUT2D eigenvalue weighted by Gasteiger charge is 2.26. The van der Waals surface area contributed by atoms with Crippen molar-refractivity contribution >= 4 is 17.5 Å². The topological polar surface area (TPSA) is 46.3 Å². The molecule has 2 aromatic rings. The van der Waals surface area contributed by atoms with E-state index in [2.05, 4.69) is 5.16 Å². The predicted molar refractivity (Wildman–Crippen MR) is 80.9 cm³/mol. The monoisotopic (exact) mass is 302 g/mol. The van der Waals surface area contributed by atoms with Crippen molar-refractivity contribution in [3.8, 4) is 11.3 Å². The van der Waals surface area contributed by atoms with Crippen LogP contribution >= 0.6 is 11.6 Å². The van der Waals surface area contributed by atoms with Crippen LogP contribution in [-0.4, -0.2) is 22.5 Å². The van der Waals surface area contributed by atoms with Crippen LogP contribution in [0.1, 0.15) is 18.2 Å². The Morgan fingerprint density at radius 2 is 2.14 bits per heavy atom. The number of amides is 1. The lowest BCUT2D eigenvalue weighted by Gasteiger charge is -2.24. The van der Waals surface area contributed by atoms with E-state index in [1.165, 1.54) is 0 Å². The molecule has 5 heteroatoms. The van der Waals surface area contributed by atoms with Crippen molar-refractivity contribution in [3.05, 3.63) is 52.7 Å². The lowest BCUT2D eigenvalue weighted by atomic mass is 10.0. The number of carbonyl (C=O) groups excluding carboxylic acids is 1. The quantitative estimate of drug-likeness (QED) is 0.798. The highest BCUT2D eigenvalue weighted by Crippen LogP contribution is 2.30. The van der Waals surface area contributed by atoms with E-state index >= 15 is 0 Å². The maximum atomic E-state index is 11.9. The summed E-state index contributed by atoms with van der Waals surface area (Å²) in [5.74, 6) is 0.791. The number of nitrogens with zero attached hydrogens (tertiary/aromatic N) is 2. The van der Waals surface area contributed by atoms with Crippen molar-refractivity contribution in [1.29, 1.82) is 0 Å². The fourth-order valence-electron chi connectivity index (χ4n) is 2.50. The van der Waals surface area contributed by atoms with Crippen LogP contribution in [0.3, 0.4) is 0 Å². The van der Waals surface area contributed by atoms with Gasteiger partial charge in [-0.2, -0.15) is 0 Å². The standard InChI is InChI=1S/C16H15ClN2O2/c1-2-3-15(20)19-9-8-13-14(10-19)18-21-16(13)11-4-6-12(17)7-5-11/h2-7H,8-10H2,1H3/b3-2+. The summed E-state index contributed by atoms with van der Waals surface area (Å²) in [5, 5.41) is 4.81. The highest BCUT2D eigenvalue weighted by molar-refractivity contribution is 6.30. The second-order valence-corrected chi connectivity index (χ2v) is 5.39. The summed E-state index contributed by atoms with van der Waals surface area (Å²) >= 11 is 5.90. The zero-order valence-corrected chi connectivity index (χ0v) is 12.4. The van der Waals surface area contributed by atoms with Gasteiger partial charge in [-0.1, -0.05) is 22.8 Å². The van der Waals surface area contributed by atoms with E-state index in [0.717, 1.165) is 29.0 Å². The Kier molecular flexibility index (Phi) is 3.80. The van der Waals surface area contributed by atoms with Crippen LogP contribution in [0.25, 0.3) is 11.3 Å². The van der Waals surface area contributed by atoms with Gasteiger partial charge in [0.2, 0.25) is 5.91 Å². The van der Waals surface area contributed by atoms with Gasteiger partial charge in [0, 0.05) is 22.7 Å². The van der Waals surface area contributed by atoms with Gasteiger partial charge in [0.15, 0.2) is 5.76 Å². The number of benzene rings is 1. The van der Waals surface area contributed by atoms with Gasteiger partial charge in [0.1, 0.15) is 5.69 Å². The fraction of sp³-hybridized carbons (Fsp3) is 0.250. The molecule has 4 nitrogen and oxygen atoms in total. The Balaban J connectivity index is 1.87. The lowest BCUT2D eigenvalue weighted by Crippen LogP contribution is -2.34. The minimum absolute atomic E-state index is 0.0131. The number of fused-ring (bicyclic) bond motifs is 1. The number of allylic oxidation sites excluding steroid dienone is 1. The molecule has 0 saturated carbocycles. The molecule has 0 atom stereocenters. The summed E-state index contributed by atoms with van der Waals surface area (Å²) in [4.78, 5) is 13.7. The van der Waals surface area contributed by atoms with E-state index in [9.17, 15) is 4.79 Å². The van der Waals surface area contributed by atoms with E-state index in [4.69, 9.17) is 16.1 Å². The molecule has 21 heavy (non-hydrogen) atoms. The largest absolute Gasteiger partial charge is 0.356 e. The van der Waals surface area contributed by atoms with Crippen molar-refractivity contribution < 1.29 is 9.32 Å². The molecular weight excluding hydrogens is 288 g/mol. The van der Waals surface area contributed by atoms with E-state index in [-0.39, 0.29) is 5.91 Å². The molecule has 1 aliphatic rings. The van der Waals surface area contributed by atoms with Crippen molar-refractivity contribution in [1.82, 2.24) is 10.1 Å². The fourth-order valence-corrected chi connectivity index (χ4v) is 2.62. The third-order valence-corrected chi connectivity index (χ3v) is 3.82. The molecule has 1 amide bonds. The molecular formula is C16H15ClN2O2. The first-order chi connectivity index (χ1) is 10.2. The second-order valence-electron chi connectivity index (χ2n) is 4.95. The zero-order chi connectivity index (χ0) is 14.8. The molecule has 0 unspecified atom stereocenters. The second kappa shape index (κ2) is 5.74. The molecule has 0 aliphatic carbocycles. The summed E-state index contributed by atoms with van der Waals surface area (Å²) < 4.78 is 5.48. The smallest absolute Gasteiger partial charge is 0.246 e. The van der Waals surface area contributed by atoms with E-state index < -0.39 is 0 Å². The molecule has 2 heterocycles. The number of rotatable bonds is 2. The number of halogens is 1. The Hall–Kier alpha value is -2.07. The van der Waals surface area contributed by atoms with E-state index in [1.54, 1.807) is 17.1 Å². The Morgan fingerprint density at radius 1 is 1.38 bits per heavy atom. The van der Waals surface area contributed by atoms with E-state index in [0.29, 0.717) is 18.1 Å². The zero-order valence-electron chi connectivity index (χ0n) is 11.7. The minimum atomic E-state index is 0.0131. The first-order valence-electron chi connectivity index (χ1n) is 6.84. The predicted octanol–water partition coefficient (Wildman–Crippen LogP) is 3.46. The first kappa shape index (κ1) is 13.9. The van der Waals surface area contributed by atoms with Crippen LogP contribution in [0.2, 0.25) is 5.02 Å². The van der Waals surface area contributed by atoms with Gasteiger partial charge in [-0.3, -0.25) is 4.79 Å². The average Bonchev–Trinajstić information content (AvgIpc) is 2.91. The third kappa shape index (κ3) is 2.72. The molecule has 1 aromatic carbocycles. The molecule has 0 N–H and O–H groups in total. The van der Waals surface area contributed by atoms with Crippen LogP contribution in [0.5, 0.6) is 0 Å². The summed E-state index contributed by atoms with van der Waals surface area (Å²) in [6, 6.07) is 7.49. The van der Waals surface area contributed by atoms with Gasteiger partial charge in [-0.05, 0) is 43.7 Å². The SMILES string of the molecule is C/C=C/C(=O)N1CCc2c(noc2-c2ccc(Cl)cc2)C1. The lowest BCUT2D eigenvalue weighted by molar-refractivity contribution is -0.126. The molecule has 108 valence electrons. The van der Waals surface area contributed by atoms with Gasteiger partial charge in [-0.15, -0.1) is 0 Å². The van der Waals surface area contributed by atoms with Crippen molar-refractivity contribution in [2.75, 3.05) is 6.54 Å². The summed E-state index contributed by atoms with van der Waals surface area (Å²) in [6.07, 6.45) is 4.07. The number of aromatic nitrogens is 1. The van der Waals surface area contributed by atoms with Gasteiger partial charge in [0.25, 0.3) is 0 Å². The summed E-state index contributed by atoms with van der Waals surface area (Å²) in [7, 11) is 0. The van der Waals surface area contributed by atoms with Crippen LogP contribution < -0.4 is 0 Å². The molecule has 1 aliphatic heterocycles. The van der Waals surface area contributed by atoms with Gasteiger partial charge >= 0.3 is 0 Å². The van der Waals surface area contributed by atoms with Crippen molar-refractivity contribution in [2.24, 2.45) is 0 Å². The van der Waals surface area contributed by atoms with Crippen molar-refractivity contribution in [2.45, 2.75) is 19.9 Å². The normalized spacial score (nSPS) is 14.5. The highest BCUT2D eigenvalue weighted by atomic mass is 35.5. The molecule has 0 radical (unpaired) electrons. The Morgan fingerprint density at radius 3 is 2.86 bits per heavy atom. The van der Waals surface area contributed by atoms with Gasteiger partial charge in [0.05, 0.1) is 6.54 Å².